The number of amides is 1. The Morgan fingerprint density at radius 1 is 1.29 bits per heavy atom. The Bertz CT molecular complexity index is 1170. The fourth-order valence-corrected chi connectivity index (χ4v) is 6.42. The highest BCUT2D eigenvalue weighted by molar-refractivity contribution is 9.12. The molecule has 0 aliphatic heterocycles. The van der Waals surface area contributed by atoms with E-state index in [4.69, 9.17) is 9.47 Å². The number of carbonyl (C=O) groups excluding carboxylic acids is 1. The number of hydrogen-bond donors (Lipinski definition) is 1. The molecular formula is C22H27BrN2O5S. The fraction of sp³-hybridized carbons (Fsp3) is 0.409. The lowest BCUT2D eigenvalue weighted by Crippen LogP contribution is -2.42. The number of alkyl carbamates (subject to hydrolysis) is 1. The number of hydrogen-bond acceptors (Lipinski definition) is 5. The number of methoxy groups -OCH3 is 1. The molecule has 1 aromatic heterocycles. The van der Waals surface area contributed by atoms with Crippen molar-refractivity contribution < 1.29 is 22.7 Å². The Labute approximate surface area is 191 Å². The number of allylic oxidation sites excluding steroid dienone is 2. The lowest BCUT2D eigenvalue weighted by molar-refractivity contribution is 0.0522. The van der Waals surface area contributed by atoms with Crippen molar-refractivity contribution in [1.82, 2.24) is 9.29 Å². The predicted octanol–water partition coefficient (Wildman–Crippen LogP) is 4.82. The van der Waals surface area contributed by atoms with Crippen LogP contribution in [0, 0.1) is 0 Å². The molecule has 1 aliphatic rings. The van der Waals surface area contributed by atoms with Crippen LogP contribution in [0.25, 0.3) is 10.9 Å². The molecule has 1 aromatic carbocycles. The Morgan fingerprint density at radius 3 is 2.61 bits per heavy atom. The van der Waals surface area contributed by atoms with Crippen LogP contribution in [-0.4, -0.2) is 35.9 Å². The first-order valence-corrected chi connectivity index (χ1v) is 12.1. The van der Waals surface area contributed by atoms with Crippen LogP contribution in [0.15, 0.2) is 52.7 Å². The Kier molecular flexibility index (Phi) is 6.30. The number of halogens is 1. The molecule has 9 heteroatoms. The molecule has 2 aromatic rings. The van der Waals surface area contributed by atoms with Crippen LogP contribution in [0.3, 0.4) is 0 Å². The van der Waals surface area contributed by atoms with Gasteiger partial charge in [-0.1, -0.05) is 24.3 Å². The number of rotatable bonds is 5. The normalized spacial score (nSPS) is 19.5. The highest BCUT2D eigenvalue weighted by atomic mass is 79.9. The molecule has 0 saturated carbocycles. The van der Waals surface area contributed by atoms with Gasteiger partial charge in [-0.25, -0.2) is 17.2 Å². The summed E-state index contributed by atoms with van der Waals surface area (Å²) in [6.07, 6.45) is 3.19. The molecule has 7 nitrogen and oxygen atoms in total. The van der Waals surface area contributed by atoms with Gasteiger partial charge in [0.2, 0.25) is 10.0 Å². The van der Waals surface area contributed by atoms with E-state index in [9.17, 15) is 13.2 Å². The molecule has 0 radical (unpaired) electrons. The van der Waals surface area contributed by atoms with Gasteiger partial charge in [-0.2, -0.15) is 0 Å². The molecule has 1 unspecified atom stereocenters. The van der Waals surface area contributed by atoms with Crippen LogP contribution in [0.1, 0.15) is 39.8 Å². The van der Waals surface area contributed by atoms with Gasteiger partial charge < -0.3 is 14.8 Å². The van der Waals surface area contributed by atoms with Gasteiger partial charge in [-0.05, 0) is 68.3 Å². The summed E-state index contributed by atoms with van der Waals surface area (Å²) in [5.41, 5.74) is 0.317. The number of para-hydroxylation sites is 1. The van der Waals surface area contributed by atoms with E-state index in [0.717, 1.165) is 5.39 Å². The van der Waals surface area contributed by atoms with Gasteiger partial charge in [0.05, 0.1) is 29.3 Å². The Morgan fingerprint density at radius 2 is 1.97 bits per heavy atom. The quantitative estimate of drug-likeness (QED) is 0.623. The first kappa shape index (κ1) is 23.4. The summed E-state index contributed by atoms with van der Waals surface area (Å²) in [4.78, 5) is 12.2. The molecule has 1 heterocycles. The van der Waals surface area contributed by atoms with Crippen molar-refractivity contribution in [3.05, 3.63) is 58.4 Å². The van der Waals surface area contributed by atoms with Crippen molar-refractivity contribution in [3.63, 3.8) is 0 Å². The first-order valence-electron chi connectivity index (χ1n) is 9.83. The molecule has 0 fully saturated rings. The molecule has 1 atom stereocenters. The van der Waals surface area contributed by atoms with E-state index in [1.165, 1.54) is 11.1 Å². The molecule has 1 N–H and O–H groups in total. The maximum absolute atomic E-state index is 14.0. The number of nitrogens with one attached hydrogen (secondary N) is 1. The second kappa shape index (κ2) is 8.35. The van der Waals surface area contributed by atoms with Gasteiger partial charge in [0.25, 0.3) is 0 Å². The summed E-state index contributed by atoms with van der Waals surface area (Å²) in [6, 6.07) is 8.98. The zero-order chi connectivity index (χ0) is 23.0. The van der Waals surface area contributed by atoms with Crippen molar-refractivity contribution in [2.24, 2.45) is 0 Å². The summed E-state index contributed by atoms with van der Waals surface area (Å²) < 4.78 is 39.2. The monoisotopic (exact) mass is 510 g/mol. The van der Waals surface area contributed by atoms with E-state index in [1.54, 1.807) is 58.0 Å². The number of aromatic nitrogens is 1. The van der Waals surface area contributed by atoms with E-state index in [-0.39, 0.29) is 13.0 Å². The molecule has 0 bridgehead atoms. The minimum absolute atomic E-state index is 0.00674. The summed E-state index contributed by atoms with van der Waals surface area (Å²) in [6.45, 7) is 6.95. The second-order valence-corrected chi connectivity index (χ2v) is 11.5. The van der Waals surface area contributed by atoms with Crippen molar-refractivity contribution in [2.45, 2.75) is 51.0 Å². The summed E-state index contributed by atoms with van der Waals surface area (Å²) in [5.74, 6) is 0.460. The van der Waals surface area contributed by atoms with Crippen LogP contribution in [-0.2, 0) is 26.0 Å². The van der Waals surface area contributed by atoms with Crippen LogP contribution in [0.4, 0.5) is 4.79 Å². The molecule has 1 amide bonds. The number of benzene rings is 1. The van der Waals surface area contributed by atoms with E-state index in [1.807, 2.05) is 12.1 Å². The molecule has 1 aliphatic carbocycles. The largest absolute Gasteiger partial charge is 0.496 e. The third-order valence-electron chi connectivity index (χ3n) is 5.04. The van der Waals surface area contributed by atoms with Crippen molar-refractivity contribution in [2.75, 3.05) is 7.11 Å². The zero-order valence-electron chi connectivity index (χ0n) is 18.2. The van der Waals surface area contributed by atoms with Crippen LogP contribution in [0.2, 0.25) is 0 Å². The first-order chi connectivity index (χ1) is 14.4. The zero-order valence-corrected chi connectivity index (χ0v) is 20.6. The summed E-state index contributed by atoms with van der Waals surface area (Å²) >= 11 is 3.46. The van der Waals surface area contributed by atoms with Crippen molar-refractivity contribution >= 4 is 42.9 Å². The molecule has 0 spiro atoms. The van der Waals surface area contributed by atoms with Crippen molar-refractivity contribution in [1.29, 1.82) is 0 Å². The van der Waals surface area contributed by atoms with Gasteiger partial charge in [0.1, 0.15) is 16.1 Å². The number of nitrogens with zero attached hydrogens (tertiary/aromatic N) is 1. The van der Waals surface area contributed by atoms with Gasteiger partial charge in [-0.3, -0.25) is 0 Å². The molecule has 168 valence electrons. The Hall–Kier alpha value is -2.26. The lowest BCUT2D eigenvalue weighted by Gasteiger charge is -2.32. The summed E-state index contributed by atoms with van der Waals surface area (Å²) in [5, 5.41) is 3.43. The van der Waals surface area contributed by atoms with E-state index >= 15 is 0 Å². The summed E-state index contributed by atoms with van der Waals surface area (Å²) in [7, 11) is -2.46. The highest BCUT2D eigenvalue weighted by Crippen LogP contribution is 2.42. The minimum atomic E-state index is -3.96. The molecule has 3 rings (SSSR count). The van der Waals surface area contributed by atoms with Gasteiger partial charge in [0.15, 0.2) is 0 Å². The maximum Gasteiger partial charge on any atom is 0.407 e. The van der Waals surface area contributed by atoms with Crippen LogP contribution >= 0.6 is 15.9 Å². The fourth-order valence-electron chi connectivity index (χ4n) is 3.46. The number of ether oxygens (including phenoxy) is 2. The van der Waals surface area contributed by atoms with Gasteiger partial charge in [-0.15, -0.1) is 0 Å². The smallest absolute Gasteiger partial charge is 0.407 e. The van der Waals surface area contributed by atoms with Gasteiger partial charge in [0, 0.05) is 5.39 Å². The van der Waals surface area contributed by atoms with Crippen LogP contribution in [0.5, 0.6) is 0 Å². The molecule has 31 heavy (non-hydrogen) atoms. The molecule has 0 saturated heterocycles. The third-order valence-corrected chi connectivity index (χ3v) is 8.99. The lowest BCUT2D eigenvalue weighted by atomic mass is 10.0. The Balaban J connectivity index is 2.09. The SMILES string of the molecule is COC1=C(Br)C(C)(S(=O)(=O)n2c(CNC(=O)OC(C)(C)C)cc3ccccc32)CC=C1. The van der Waals surface area contributed by atoms with Crippen LogP contribution < -0.4 is 5.32 Å². The highest BCUT2D eigenvalue weighted by Gasteiger charge is 2.46. The molecular weight excluding hydrogens is 484 g/mol. The average Bonchev–Trinajstić information content (AvgIpc) is 3.06. The third kappa shape index (κ3) is 4.39. The number of fused-ring (bicyclic) bond motifs is 1. The standard InChI is InChI=1S/C22H27BrN2O5S/c1-21(2,3)30-20(26)24-14-16-13-15-9-6-7-10-17(15)25(16)31(27,28)22(4)12-8-11-18(29-5)19(22)23/h6-11,13H,12,14H2,1-5H3,(H,24,26). The second-order valence-electron chi connectivity index (χ2n) is 8.54. The van der Waals surface area contributed by atoms with E-state index in [2.05, 4.69) is 21.2 Å². The average molecular weight is 511 g/mol. The van der Waals surface area contributed by atoms with E-state index < -0.39 is 26.5 Å². The number of carbonyl (C=O) groups is 1. The van der Waals surface area contributed by atoms with Crippen molar-refractivity contribution in [3.8, 4) is 0 Å². The minimum Gasteiger partial charge on any atom is -0.496 e. The van der Waals surface area contributed by atoms with Gasteiger partial charge >= 0.3 is 6.09 Å². The predicted molar refractivity (Wildman–Crippen MR) is 124 cm³/mol. The maximum atomic E-state index is 14.0. The topological polar surface area (TPSA) is 86.6 Å². The van der Waals surface area contributed by atoms with E-state index in [0.29, 0.717) is 21.5 Å².